The Bertz CT molecular complexity index is 914. The predicted molar refractivity (Wildman–Crippen MR) is 109 cm³/mol. The molecule has 27 heavy (non-hydrogen) atoms. The van der Waals surface area contributed by atoms with Crippen molar-refractivity contribution in [2.45, 2.75) is 25.0 Å². The van der Waals surface area contributed by atoms with Crippen molar-refractivity contribution >= 4 is 11.5 Å². The van der Waals surface area contributed by atoms with Gasteiger partial charge in [0.2, 0.25) is 0 Å². The van der Waals surface area contributed by atoms with Gasteiger partial charge in [-0.3, -0.25) is 0 Å². The summed E-state index contributed by atoms with van der Waals surface area (Å²) in [7, 11) is 0. The highest BCUT2D eigenvalue weighted by Gasteiger charge is 2.25. The Morgan fingerprint density at radius 2 is 1.44 bits per heavy atom. The lowest BCUT2D eigenvalue weighted by Crippen LogP contribution is -2.33. The minimum atomic E-state index is -0.226. The number of rotatable bonds is 4. The summed E-state index contributed by atoms with van der Waals surface area (Å²) < 4.78 is 5.81. The second-order valence-electron chi connectivity index (χ2n) is 6.85. The van der Waals surface area contributed by atoms with Crippen LogP contribution in [0.5, 0.6) is 5.75 Å². The molecule has 3 aromatic carbocycles. The van der Waals surface area contributed by atoms with E-state index < -0.39 is 0 Å². The van der Waals surface area contributed by atoms with Crippen molar-refractivity contribution < 1.29 is 4.74 Å². The van der Waals surface area contributed by atoms with Crippen LogP contribution in [0.2, 0.25) is 0 Å². The number of nitrogens with zero attached hydrogens (tertiary/aromatic N) is 1. The molecule has 0 bridgehead atoms. The van der Waals surface area contributed by atoms with Crippen LogP contribution in [0.3, 0.4) is 0 Å². The van der Waals surface area contributed by atoms with E-state index in [0.717, 1.165) is 17.0 Å². The van der Waals surface area contributed by atoms with Crippen molar-refractivity contribution in [1.82, 2.24) is 0 Å². The molecular formula is C23H23N3O. The van der Waals surface area contributed by atoms with Crippen LogP contribution < -0.4 is 16.2 Å². The number of aliphatic imine (C=N–C) groups is 1. The molecule has 4 heteroatoms. The lowest BCUT2D eigenvalue weighted by molar-refractivity contribution is 0.281. The molecule has 0 spiro atoms. The van der Waals surface area contributed by atoms with E-state index in [-0.39, 0.29) is 18.1 Å². The van der Waals surface area contributed by atoms with E-state index in [1.165, 1.54) is 11.1 Å². The summed E-state index contributed by atoms with van der Waals surface area (Å²) in [6.07, 6.45) is -0.210. The summed E-state index contributed by atoms with van der Waals surface area (Å²) in [6.45, 7) is 1.89. The van der Waals surface area contributed by atoms with Gasteiger partial charge in [-0.2, -0.15) is 0 Å². The molecule has 3 aromatic rings. The van der Waals surface area contributed by atoms with Crippen LogP contribution in [0.1, 0.15) is 35.6 Å². The SMILES string of the molecule is CC1Oc2ccc(C(N)C(c3ccccc3)c3ccccc3)cc2N=C1N. The summed E-state index contributed by atoms with van der Waals surface area (Å²) in [5.41, 5.74) is 16.8. The largest absolute Gasteiger partial charge is 0.481 e. The van der Waals surface area contributed by atoms with Crippen LogP contribution in [-0.4, -0.2) is 11.9 Å². The van der Waals surface area contributed by atoms with Crippen LogP contribution in [0, 0.1) is 0 Å². The monoisotopic (exact) mass is 357 g/mol. The minimum Gasteiger partial charge on any atom is -0.481 e. The predicted octanol–water partition coefficient (Wildman–Crippen LogP) is 4.29. The van der Waals surface area contributed by atoms with Gasteiger partial charge in [0, 0.05) is 12.0 Å². The Hall–Kier alpha value is -3.11. The topological polar surface area (TPSA) is 73.6 Å². The van der Waals surface area contributed by atoms with Crippen molar-refractivity contribution in [3.05, 3.63) is 95.6 Å². The summed E-state index contributed by atoms with van der Waals surface area (Å²) in [6, 6.07) is 26.4. The van der Waals surface area contributed by atoms with Crippen molar-refractivity contribution in [3.8, 4) is 5.75 Å². The van der Waals surface area contributed by atoms with Gasteiger partial charge >= 0.3 is 0 Å². The summed E-state index contributed by atoms with van der Waals surface area (Å²) in [4.78, 5) is 4.49. The van der Waals surface area contributed by atoms with E-state index >= 15 is 0 Å². The van der Waals surface area contributed by atoms with Gasteiger partial charge in [-0.1, -0.05) is 66.7 Å². The van der Waals surface area contributed by atoms with Crippen molar-refractivity contribution in [2.75, 3.05) is 0 Å². The second kappa shape index (κ2) is 7.25. The normalized spacial score (nSPS) is 17.0. The average molecular weight is 357 g/mol. The number of amidine groups is 1. The third-order valence-corrected chi connectivity index (χ3v) is 5.01. The highest BCUT2D eigenvalue weighted by Crippen LogP contribution is 2.39. The second-order valence-corrected chi connectivity index (χ2v) is 6.85. The van der Waals surface area contributed by atoms with Crippen molar-refractivity contribution in [3.63, 3.8) is 0 Å². The van der Waals surface area contributed by atoms with Gasteiger partial charge < -0.3 is 16.2 Å². The first-order chi connectivity index (χ1) is 13.1. The van der Waals surface area contributed by atoms with Crippen LogP contribution in [0.25, 0.3) is 0 Å². The van der Waals surface area contributed by atoms with Gasteiger partial charge in [-0.25, -0.2) is 4.99 Å². The van der Waals surface area contributed by atoms with Gasteiger partial charge in [0.1, 0.15) is 17.3 Å². The molecule has 2 unspecified atom stereocenters. The highest BCUT2D eigenvalue weighted by atomic mass is 16.5. The molecule has 0 aromatic heterocycles. The zero-order valence-electron chi connectivity index (χ0n) is 15.2. The fourth-order valence-electron chi connectivity index (χ4n) is 3.53. The van der Waals surface area contributed by atoms with E-state index in [1.54, 1.807) is 0 Å². The van der Waals surface area contributed by atoms with Gasteiger partial charge in [-0.05, 0) is 35.7 Å². The van der Waals surface area contributed by atoms with Crippen LogP contribution >= 0.6 is 0 Å². The fraction of sp³-hybridized carbons (Fsp3) is 0.174. The molecule has 0 radical (unpaired) electrons. The van der Waals surface area contributed by atoms with Gasteiger partial charge in [0.15, 0.2) is 6.10 Å². The van der Waals surface area contributed by atoms with Gasteiger partial charge in [-0.15, -0.1) is 0 Å². The van der Waals surface area contributed by atoms with Gasteiger partial charge in [0.25, 0.3) is 0 Å². The van der Waals surface area contributed by atoms with E-state index in [4.69, 9.17) is 16.2 Å². The Balaban J connectivity index is 1.75. The molecule has 1 aliphatic rings. The maximum absolute atomic E-state index is 6.78. The smallest absolute Gasteiger partial charge is 0.153 e. The summed E-state index contributed by atoms with van der Waals surface area (Å²) in [5, 5.41) is 0. The molecule has 4 nitrogen and oxygen atoms in total. The van der Waals surface area contributed by atoms with Crippen molar-refractivity contribution in [2.24, 2.45) is 16.5 Å². The Morgan fingerprint density at radius 3 is 2.04 bits per heavy atom. The molecular weight excluding hydrogens is 334 g/mol. The standard InChI is InChI=1S/C23H23N3O/c1-15-23(25)26-19-14-18(12-13-20(19)27-15)22(24)21(16-8-4-2-5-9-16)17-10-6-3-7-11-17/h2-15,21-22H,24H2,1H3,(H2,25,26). The molecule has 0 saturated heterocycles. The van der Waals surface area contributed by atoms with E-state index in [2.05, 4.69) is 29.3 Å². The highest BCUT2D eigenvalue weighted by molar-refractivity contribution is 5.89. The minimum absolute atomic E-state index is 0.0372. The number of hydrogen-bond donors (Lipinski definition) is 2. The molecule has 4 N–H and O–H groups in total. The van der Waals surface area contributed by atoms with E-state index in [1.807, 2.05) is 61.5 Å². The number of ether oxygens (including phenoxy) is 1. The van der Waals surface area contributed by atoms with Crippen LogP contribution in [-0.2, 0) is 0 Å². The molecule has 4 rings (SSSR count). The first-order valence-corrected chi connectivity index (χ1v) is 9.13. The number of nitrogens with two attached hydrogens (primary N) is 2. The molecule has 0 saturated carbocycles. The molecule has 1 aliphatic heterocycles. The summed E-state index contributed by atoms with van der Waals surface area (Å²) in [5.74, 6) is 1.26. The molecule has 0 fully saturated rings. The Morgan fingerprint density at radius 1 is 0.852 bits per heavy atom. The average Bonchev–Trinajstić information content (AvgIpc) is 2.70. The first kappa shape index (κ1) is 17.3. The molecule has 0 aliphatic carbocycles. The molecule has 1 heterocycles. The van der Waals surface area contributed by atoms with Gasteiger partial charge in [0.05, 0.1) is 0 Å². The zero-order chi connectivity index (χ0) is 18.8. The van der Waals surface area contributed by atoms with E-state index in [9.17, 15) is 0 Å². The maximum atomic E-state index is 6.78. The Kier molecular flexibility index (Phi) is 4.65. The van der Waals surface area contributed by atoms with Crippen LogP contribution in [0.15, 0.2) is 83.9 Å². The van der Waals surface area contributed by atoms with Crippen molar-refractivity contribution in [1.29, 1.82) is 0 Å². The third kappa shape index (κ3) is 3.44. The summed E-state index contributed by atoms with van der Waals surface area (Å²) >= 11 is 0. The lowest BCUT2D eigenvalue weighted by atomic mass is 9.82. The first-order valence-electron chi connectivity index (χ1n) is 9.13. The number of fused-ring (bicyclic) bond motifs is 1. The van der Waals surface area contributed by atoms with Crippen LogP contribution in [0.4, 0.5) is 5.69 Å². The molecule has 2 atom stereocenters. The quantitative estimate of drug-likeness (QED) is 0.731. The maximum Gasteiger partial charge on any atom is 0.153 e. The number of benzene rings is 3. The van der Waals surface area contributed by atoms with E-state index in [0.29, 0.717) is 5.84 Å². The molecule has 136 valence electrons. The third-order valence-electron chi connectivity index (χ3n) is 5.01. The number of hydrogen-bond acceptors (Lipinski definition) is 4. The Labute approximate surface area is 159 Å². The lowest BCUT2D eigenvalue weighted by Gasteiger charge is -2.27. The molecule has 0 amide bonds. The zero-order valence-corrected chi connectivity index (χ0v) is 15.2. The fourth-order valence-corrected chi connectivity index (χ4v) is 3.53.